The number of rotatable bonds is 7. The van der Waals surface area contributed by atoms with E-state index >= 15 is 0 Å². The van der Waals surface area contributed by atoms with Gasteiger partial charge in [0, 0.05) is 23.9 Å². The van der Waals surface area contributed by atoms with Crippen molar-refractivity contribution in [1.82, 2.24) is 5.32 Å². The molecule has 0 heterocycles. The maximum Gasteiger partial charge on any atom is 0.123 e. The Kier molecular flexibility index (Phi) is 5.74. The topological polar surface area (TPSA) is 21.3 Å². The van der Waals surface area contributed by atoms with Gasteiger partial charge in [0.15, 0.2) is 0 Å². The van der Waals surface area contributed by atoms with Gasteiger partial charge in [-0.2, -0.15) is 11.8 Å². The molecule has 0 bridgehead atoms. The van der Waals surface area contributed by atoms with Gasteiger partial charge < -0.3 is 10.1 Å². The predicted octanol–water partition coefficient (Wildman–Crippen LogP) is 4.08. The van der Waals surface area contributed by atoms with E-state index in [4.69, 9.17) is 4.74 Å². The molecule has 0 aliphatic heterocycles. The minimum atomic E-state index is 0.550. The fourth-order valence-electron chi connectivity index (χ4n) is 2.46. The lowest BCUT2D eigenvalue weighted by Crippen LogP contribution is -2.30. The maximum absolute atomic E-state index is 5.53. The average molecular weight is 289 g/mol. The number of benzene rings is 2. The van der Waals surface area contributed by atoms with Crippen molar-refractivity contribution >= 4 is 22.5 Å². The molecule has 0 radical (unpaired) electrons. The van der Waals surface area contributed by atoms with Crippen LogP contribution in [-0.2, 0) is 6.54 Å². The van der Waals surface area contributed by atoms with Crippen molar-refractivity contribution in [3.05, 3.63) is 42.0 Å². The van der Waals surface area contributed by atoms with Crippen LogP contribution in [-0.4, -0.2) is 25.2 Å². The second-order valence-electron chi connectivity index (χ2n) is 4.91. The fraction of sp³-hybridized carbons (Fsp3) is 0.412. The van der Waals surface area contributed by atoms with Gasteiger partial charge >= 0.3 is 0 Å². The molecule has 2 rings (SSSR count). The van der Waals surface area contributed by atoms with Gasteiger partial charge in [-0.1, -0.05) is 37.3 Å². The van der Waals surface area contributed by atoms with Gasteiger partial charge in [-0.25, -0.2) is 0 Å². The molecule has 1 atom stereocenters. The monoisotopic (exact) mass is 289 g/mol. The Morgan fingerprint density at radius 2 is 2.00 bits per heavy atom. The Balaban J connectivity index is 2.27. The summed E-state index contributed by atoms with van der Waals surface area (Å²) in [6.45, 7) is 3.08. The van der Waals surface area contributed by atoms with Crippen molar-refractivity contribution in [1.29, 1.82) is 0 Å². The molecule has 2 aromatic carbocycles. The predicted molar refractivity (Wildman–Crippen MR) is 89.8 cm³/mol. The van der Waals surface area contributed by atoms with E-state index in [1.807, 2.05) is 11.8 Å². The van der Waals surface area contributed by atoms with Crippen LogP contribution in [0.4, 0.5) is 0 Å². The molecule has 1 N–H and O–H groups in total. The second kappa shape index (κ2) is 7.55. The van der Waals surface area contributed by atoms with Crippen molar-refractivity contribution in [3.63, 3.8) is 0 Å². The summed E-state index contributed by atoms with van der Waals surface area (Å²) in [7, 11) is 1.74. The molecule has 20 heavy (non-hydrogen) atoms. The summed E-state index contributed by atoms with van der Waals surface area (Å²) in [5.41, 5.74) is 1.25. The SMILES string of the molecule is CCC(CSC)NCc1c(OC)ccc2ccccc12. The molecule has 0 aliphatic carbocycles. The molecule has 0 aliphatic rings. The lowest BCUT2D eigenvalue weighted by molar-refractivity contribution is 0.406. The van der Waals surface area contributed by atoms with Crippen LogP contribution < -0.4 is 10.1 Å². The van der Waals surface area contributed by atoms with Crippen molar-refractivity contribution < 1.29 is 4.74 Å². The fourth-order valence-corrected chi connectivity index (χ4v) is 3.21. The minimum Gasteiger partial charge on any atom is -0.496 e. The van der Waals surface area contributed by atoms with Gasteiger partial charge in [-0.3, -0.25) is 0 Å². The largest absolute Gasteiger partial charge is 0.496 e. The highest BCUT2D eigenvalue weighted by atomic mass is 32.2. The molecule has 2 aromatic rings. The standard InChI is InChI=1S/C17H23NOS/c1-4-14(12-20-3)18-11-16-15-8-6-5-7-13(15)9-10-17(16)19-2/h5-10,14,18H,4,11-12H2,1-3H3. The van der Waals surface area contributed by atoms with Crippen LogP contribution in [0.2, 0.25) is 0 Å². The van der Waals surface area contributed by atoms with Crippen molar-refractivity contribution in [2.24, 2.45) is 0 Å². The molecule has 0 saturated carbocycles. The highest BCUT2D eigenvalue weighted by Gasteiger charge is 2.10. The molecule has 108 valence electrons. The van der Waals surface area contributed by atoms with Crippen LogP contribution in [0.5, 0.6) is 5.75 Å². The van der Waals surface area contributed by atoms with Gasteiger partial charge in [-0.05, 0) is 29.5 Å². The van der Waals surface area contributed by atoms with Crippen LogP contribution in [0.3, 0.4) is 0 Å². The van der Waals surface area contributed by atoms with E-state index in [1.54, 1.807) is 7.11 Å². The number of nitrogens with one attached hydrogen (secondary N) is 1. The summed E-state index contributed by atoms with van der Waals surface area (Å²) in [4.78, 5) is 0. The third-order valence-corrected chi connectivity index (χ3v) is 4.38. The van der Waals surface area contributed by atoms with E-state index in [-0.39, 0.29) is 0 Å². The van der Waals surface area contributed by atoms with Crippen LogP contribution in [0.15, 0.2) is 36.4 Å². The summed E-state index contributed by atoms with van der Waals surface area (Å²) in [6.07, 6.45) is 3.30. The summed E-state index contributed by atoms with van der Waals surface area (Å²) in [5.74, 6) is 2.11. The molecule has 0 fully saturated rings. The molecule has 2 nitrogen and oxygen atoms in total. The van der Waals surface area contributed by atoms with E-state index in [2.05, 4.69) is 54.9 Å². The number of thioether (sulfide) groups is 1. The zero-order chi connectivity index (χ0) is 14.4. The third-order valence-electron chi connectivity index (χ3n) is 3.65. The first kappa shape index (κ1) is 15.2. The Hall–Kier alpha value is -1.19. The van der Waals surface area contributed by atoms with Crippen molar-refractivity contribution in [3.8, 4) is 5.75 Å². The number of hydrogen-bond donors (Lipinski definition) is 1. The number of ether oxygens (including phenoxy) is 1. The first-order chi connectivity index (χ1) is 9.80. The van der Waals surface area contributed by atoms with Gasteiger partial charge in [-0.15, -0.1) is 0 Å². The van der Waals surface area contributed by atoms with Crippen LogP contribution >= 0.6 is 11.8 Å². The Bertz CT molecular complexity index is 556. The van der Waals surface area contributed by atoms with Gasteiger partial charge in [0.05, 0.1) is 7.11 Å². The molecular formula is C17H23NOS. The molecular weight excluding hydrogens is 266 g/mol. The number of fused-ring (bicyclic) bond motifs is 1. The second-order valence-corrected chi connectivity index (χ2v) is 5.82. The van der Waals surface area contributed by atoms with E-state index in [9.17, 15) is 0 Å². The van der Waals surface area contributed by atoms with Crippen LogP contribution in [0.25, 0.3) is 10.8 Å². The molecule has 3 heteroatoms. The minimum absolute atomic E-state index is 0.550. The normalized spacial score (nSPS) is 12.6. The van der Waals surface area contributed by atoms with Gasteiger partial charge in [0.25, 0.3) is 0 Å². The zero-order valence-electron chi connectivity index (χ0n) is 12.5. The molecule has 0 saturated heterocycles. The Labute approximate surface area is 125 Å². The summed E-state index contributed by atoms with van der Waals surface area (Å²) in [5, 5.41) is 6.20. The lowest BCUT2D eigenvalue weighted by atomic mass is 10.0. The quantitative estimate of drug-likeness (QED) is 0.830. The smallest absolute Gasteiger partial charge is 0.123 e. The first-order valence-corrected chi connectivity index (χ1v) is 8.46. The highest BCUT2D eigenvalue weighted by molar-refractivity contribution is 7.98. The highest BCUT2D eigenvalue weighted by Crippen LogP contribution is 2.28. The van der Waals surface area contributed by atoms with Crippen LogP contribution in [0, 0.1) is 0 Å². The summed E-state index contributed by atoms with van der Waals surface area (Å²) >= 11 is 1.89. The van der Waals surface area contributed by atoms with E-state index < -0.39 is 0 Å². The third kappa shape index (κ3) is 3.47. The Morgan fingerprint density at radius 3 is 2.70 bits per heavy atom. The molecule has 0 aromatic heterocycles. The van der Waals surface area contributed by atoms with Crippen molar-refractivity contribution in [2.75, 3.05) is 19.1 Å². The van der Waals surface area contributed by atoms with Gasteiger partial charge in [0.1, 0.15) is 5.75 Å². The van der Waals surface area contributed by atoms with Crippen LogP contribution in [0.1, 0.15) is 18.9 Å². The first-order valence-electron chi connectivity index (χ1n) is 7.07. The van der Waals surface area contributed by atoms with Crippen molar-refractivity contribution in [2.45, 2.75) is 25.9 Å². The summed E-state index contributed by atoms with van der Waals surface area (Å²) < 4.78 is 5.53. The maximum atomic E-state index is 5.53. The summed E-state index contributed by atoms with van der Waals surface area (Å²) in [6, 6.07) is 13.2. The Morgan fingerprint density at radius 1 is 1.20 bits per heavy atom. The average Bonchev–Trinajstić information content (AvgIpc) is 2.51. The van der Waals surface area contributed by atoms with E-state index in [0.29, 0.717) is 6.04 Å². The zero-order valence-corrected chi connectivity index (χ0v) is 13.3. The van der Waals surface area contributed by atoms with E-state index in [0.717, 1.165) is 24.5 Å². The number of hydrogen-bond acceptors (Lipinski definition) is 3. The number of methoxy groups -OCH3 is 1. The molecule has 1 unspecified atom stereocenters. The molecule has 0 amide bonds. The molecule has 0 spiro atoms. The van der Waals surface area contributed by atoms with E-state index in [1.165, 1.54) is 16.3 Å². The lowest BCUT2D eigenvalue weighted by Gasteiger charge is -2.18. The van der Waals surface area contributed by atoms with Gasteiger partial charge in [0.2, 0.25) is 0 Å².